The van der Waals surface area contributed by atoms with Gasteiger partial charge in [-0.25, -0.2) is 0 Å². The van der Waals surface area contributed by atoms with Crippen LogP contribution < -0.4 is 10.9 Å². The predicted octanol–water partition coefficient (Wildman–Crippen LogP) is 4.07. The van der Waals surface area contributed by atoms with Crippen LogP contribution in [0.15, 0.2) is 90.1 Å². The second-order valence-electron chi connectivity index (χ2n) is 7.03. The first-order valence-electron chi connectivity index (χ1n) is 10.1. The molecule has 166 valence electrons. The molecule has 0 aliphatic rings. The number of hydrazine groups is 1. The standard InChI is InChI=1S/C24H20ClN5O2S/c25-19-12-7-13-20(15-19)30-23(18-10-5-2-6-11-18)28-29-24(30)33-16-22(32)27-26-21(31)14-17-8-3-1-4-9-17/h1-13,15H,14,16H2,(H,26,31)(H,27,32). The third-order valence-electron chi connectivity index (χ3n) is 4.61. The van der Waals surface area contributed by atoms with Crippen LogP contribution in [0, 0.1) is 0 Å². The van der Waals surface area contributed by atoms with Crippen LogP contribution in [0.3, 0.4) is 0 Å². The van der Waals surface area contributed by atoms with Gasteiger partial charge < -0.3 is 0 Å². The zero-order chi connectivity index (χ0) is 23.0. The minimum atomic E-state index is -0.358. The fourth-order valence-corrected chi connectivity index (χ4v) is 4.05. The number of aromatic nitrogens is 3. The van der Waals surface area contributed by atoms with Crippen LogP contribution in [-0.4, -0.2) is 32.3 Å². The number of nitrogens with one attached hydrogen (secondary N) is 2. The number of carbonyl (C=O) groups is 2. The summed E-state index contributed by atoms with van der Waals surface area (Å²) in [5, 5.41) is 9.73. The Morgan fingerprint density at radius 3 is 2.27 bits per heavy atom. The number of thioether (sulfide) groups is 1. The summed E-state index contributed by atoms with van der Waals surface area (Å²) < 4.78 is 1.85. The molecule has 0 spiro atoms. The molecule has 0 aliphatic carbocycles. The van der Waals surface area contributed by atoms with Crippen molar-refractivity contribution in [3.8, 4) is 17.1 Å². The van der Waals surface area contributed by atoms with Crippen LogP contribution in [0.1, 0.15) is 5.56 Å². The van der Waals surface area contributed by atoms with Crippen LogP contribution >= 0.6 is 23.4 Å². The molecule has 0 radical (unpaired) electrons. The first-order chi connectivity index (χ1) is 16.1. The van der Waals surface area contributed by atoms with Gasteiger partial charge in [-0.15, -0.1) is 10.2 Å². The fraction of sp³-hybridized carbons (Fsp3) is 0.0833. The molecule has 0 bridgehead atoms. The van der Waals surface area contributed by atoms with E-state index in [2.05, 4.69) is 21.0 Å². The highest BCUT2D eigenvalue weighted by molar-refractivity contribution is 7.99. The van der Waals surface area contributed by atoms with Crippen molar-refractivity contribution in [1.82, 2.24) is 25.6 Å². The first kappa shape index (κ1) is 22.6. The molecular weight excluding hydrogens is 458 g/mol. The largest absolute Gasteiger partial charge is 0.273 e. The number of amides is 2. The van der Waals surface area contributed by atoms with Gasteiger partial charge in [0.05, 0.1) is 17.9 Å². The minimum absolute atomic E-state index is 0.0408. The van der Waals surface area contributed by atoms with E-state index in [9.17, 15) is 9.59 Å². The van der Waals surface area contributed by atoms with Gasteiger partial charge in [0.15, 0.2) is 11.0 Å². The lowest BCUT2D eigenvalue weighted by Gasteiger charge is -2.11. The molecular formula is C24H20ClN5O2S. The van der Waals surface area contributed by atoms with E-state index in [-0.39, 0.29) is 24.0 Å². The van der Waals surface area contributed by atoms with Crippen molar-refractivity contribution in [1.29, 1.82) is 0 Å². The van der Waals surface area contributed by atoms with E-state index >= 15 is 0 Å². The highest BCUT2D eigenvalue weighted by Gasteiger charge is 2.17. The number of carbonyl (C=O) groups excluding carboxylic acids is 2. The second kappa shape index (κ2) is 10.8. The summed E-state index contributed by atoms with van der Waals surface area (Å²) in [6.07, 6.45) is 0.178. The van der Waals surface area contributed by atoms with Gasteiger partial charge in [-0.1, -0.05) is 90.1 Å². The molecule has 9 heteroatoms. The Morgan fingerprint density at radius 1 is 0.848 bits per heavy atom. The molecule has 0 fully saturated rings. The lowest BCUT2D eigenvalue weighted by Crippen LogP contribution is -2.43. The van der Waals surface area contributed by atoms with Crippen molar-refractivity contribution in [2.45, 2.75) is 11.6 Å². The first-order valence-corrected chi connectivity index (χ1v) is 11.5. The fourth-order valence-electron chi connectivity index (χ4n) is 3.12. The van der Waals surface area contributed by atoms with E-state index in [1.807, 2.05) is 83.4 Å². The van der Waals surface area contributed by atoms with Crippen molar-refractivity contribution in [3.05, 3.63) is 95.5 Å². The number of rotatable bonds is 7. The Morgan fingerprint density at radius 2 is 1.55 bits per heavy atom. The normalized spacial score (nSPS) is 10.6. The molecule has 33 heavy (non-hydrogen) atoms. The maximum absolute atomic E-state index is 12.3. The van der Waals surface area contributed by atoms with Gasteiger partial charge >= 0.3 is 0 Å². The van der Waals surface area contributed by atoms with Gasteiger partial charge in [0.1, 0.15) is 0 Å². The van der Waals surface area contributed by atoms with Gasteiger partial charge in [0, 0.05) is 10.6 Å². The summed E-state index contributed by atoms with van der Waals surface area (Å²) in [4.78, 5) is 24.4. The molecule has 0 unspecified atom stereocenters. The summed E-state index contributed by atoms with van der Waals surface area (Å²) in [5.74, 6) is 0.0207. The van der Waals surface area contributed by atoms with E-state index in [4.69, 9.17) is 11.6 Å². The topological polar surface area (TPSA) is 88.9 Å². The summed E-state index contributed by atoms with van der Waals surface area (Å²) in [6, 6.07) is 26.3. The molecule has 0 saturated heterocycles. The third kappa shape index (κ3) is 6.00. The quantitative estimate of drug-likeness (QED) is 0.309. The average molecular weight is 478 g/mol. The highest BCUT2D eigenvalue weighted by atomic mass is 35.5. The monoisotopic (exact) mass is 477 g/mol. The molecule has 0 atom stereocenters. The third-order valence-corrected chi connectivity index (χ3v) is 5.78. The van der Waals surface area contributed by atoms with E-state index in [1.54, 1.807) is 6.07 Å². The molecule has 2 N–H and O–H groups in total. The van der Waals surface area contributed by atoms with E-state index in [0.29, 0.717) is 16.0 Å². The number of hydrogen-bond donors (Lipinski definition) is 2. The number of halogens is 1. The number of benzene rings is 3. The Labute approximate surface area is 200 Å². The van der Waals surface area contributed by atoms with Crippen LogP contribution in [0.5, 0.6) is 0 Å². The zero-order valence-corrected chi connectivity index (χ0v) is 19.0. The molecule has 7 nitrogen and oxygen atoms in total. The SMILES string of the molecule is O=C(CSc1nnc(-c2ccccc2)n1-c1cccc(Cl)c1)NNC(=O)Cc1ccccc1. The van der Waals surface area contributed by atoms with Crippen LogP contribution in [0.2, 0.25) is 5.02 Å². The molecule has 2 amide bonds. The lowest BCUT2D eigenvalue weighted by atomic mass is 10.1. The maximum atomic E-state index is 12.3. The number of nitrogens with zero attached hydrogens (tertiary/aromatic N) is 3. The number of hydrogen-bond acceptors (Lipinski definition) is 5. The Kier molecular flexibility index (Phi) is 7.39. The molecule has 4 aromatic rings. The van der Waals surface area contributed by atoms with Crippen molar-refractivity contribution in [2.75, 3.05) is 5.75 Å². The van der Waals surface area contributed by atoms with Gasteiger partial charge in [-0.05, 0) is 23.8 Å². The smallest absolute Gasteiger partial charge is 0.248 e. The second-order valence-corrected chi connectivity index (χ2v) is 8.41. The minimum Gasteiger partial charge on any atom is -0.273 e. The van der Waals surface area contributed by atoms with Gasteiger partial charge in [0.2, 0.25) is 11.8 Å². The molecule has 3 aromatic carbocycles. The molecule has 0 aliphatic heterocycles. The maximum Gasteiger partial charge on any atom is 0.248 e. The van der Waals surface area contributed by atoms with Gasteiger partial charge in [-0.2, -0.15) is 0 Å². The van der Waals surface area contributed by atoms with Crippen LogP contribution in [0.25, 0.3) is 17.1 Å². The van der Waals surface area contributed by atoms with Crippen LogP contribution in [0.4, 0.5) is 0 Å². The Bertz CT molecular complexity index is 1250. The summed E-state index contributed by atoms with van der Waals surface area (Å²) >= 11 is 7.41. The van der Waals surface area contributed by atoms with Gasteiger partial charge in [-0.3, -0.25) is 25.0 Å². The van der Waals surface area contributed by atoms with E-state index in [1.165, 1.54) is 11.8 Å². The zero-order valence-electron chi connectivity index (χ0n) is 17.4. The summed E-state index contributed by atoms with van der Waals surface area (Å²) in [5.41, 5.74) is 7.41. The summed E-state index contributed by atoms with van der Waals surface area (Å²) in [7, 11) is 0. The highest BCUT2D eigenvalue weighted by Crippen LogP contribution is 2.28. The van der Waals surface area contributed by atoms with Crippen molar-refractivity contribution in [2.24, 2.45) is 0 Å². The summed E-state index contributed by atoms with van der Waals surface area (Å²) in [6.45, 7) is 0. The van der Waals surface area contributed by atoms with Crippen molar-refractivity contribution in [3.63, 3.8) is 0 Å². The average Bonchev–Trinajstić information content (AvgIpc) is 3.27. The molecule has 1 heterocycles. The molecule has 0 saturated carbocycles. The Hall–Kier alpha value is -3.62. The van der Waals surface area contributed by atoms with E-state index in [0.717, 1.165) is 16.8 Å². The van der Waals surface area contributed by atoms with E-state index < -0.39 is 0 Å². The van der Waals surface area contributed by atoms with Gasteiger partial charge in [0.25, 0.3) is 0 Å². The van der Waals surface area contributed by atoms with Crippen molar-refractivity contribution < 1.29 is 9.59 Å². The molecule has 1 aromatic heterocycles. The van der Waals surface area contributed by atoms with Crippen molar-refractivity contribution >= 4 is 35.2 Å². The predicted molar refractivity (Wildman–Crippen MR) is 129 cm³/mol. The lowest BCUT2D eigenvalue weighted by molar-refractivity contribution is -0.127. The Balaban J connectivity index is 1.44. The molecule has 4 rings (SSSR count). The van der Waals surface area contributed by atoms with Crippen LogP contribution in [-0.2, 0) is 16.0 Å².